The standard InChI is InChI=1S/C4H4N2S2/c7-3-1-5-2-4(8)6-3/h1-2H,(H2,6,7,8). The van der Waals surface area contributed by atoms with E-state index in [1.807, 2.05) is 0 Å². The predicted molar refractivity (Wildman–Crippen MR) is 36.7 cm³/mol. The van der Waals surface area contributed by atoms with Crippen molar-refractivity contribution in [1.29, 1.82) is 0 Å². The molecule has 0 amide bonds. The van der Waals surface area contributed by atoms with Crippen LogP contribution in [0.3, 0.4) is 0 Å². The van der Waals surface area contributed by atoms with Crippen molar-refractivity contribution in [1.82, 2.24) is 9.97 Å². The second kappa shape index (κ2) is 2.28. The lowest BCUT2D eigenvalue weighted by Gasteiger charge is -1.85. The highest BCUT2D eigenvalue weighted by molar-refractivity contribution is 7.80. The molecule has 1 aromatic rings. The molecule has 0 aliphatic rings. The molecule has 0 spiro atoms. The van der Waals surface area contributed by atoms with Gasteiger partial charge in [0.05, 0.1) is 17.4 Å². The Morgan fingerprint density at radius 2 is 2.38 bits per heavy atom. The average molecular weight is 144 g/mol. The van der Waals surface area contributed by atoms with E-state index < -0.39 is 0 Å². The first kappa shape index (κ1) is 5.78. The molecule has 0 unspecified atom stereocenters. The van der Waals surface area contributed by atoms with Gasteiger partial charge in [-0.25, -0.2) is 0 Å². The van der Waals surface area contributed by atoms with E-state index in [4.69, 9.17) is 12.2 Å². The zero-order valence-electron chi connectivity index (χ0n) is 3.96. The van der Waals surface area contributed by atoms with Crippen LogP contribution in [0, 0.1) is 4.64 Å². The largest absolute Gasteiger partial charge is 0.339 e. The van der Waals surface area contributed by atoms with E-state index in [0.717, 1.165) is 0 Å². The van der Waals surface area contributed by atoms with Crippen molar-refractivity contribution in [2.24, 2.45) is 0 Å². The van der Waals surface area contributed by atoms with E-state index >= 15 is 0 Å². The van der Waals surface area contributed by atoms with Crippen LogP contribution >= 0.6 is 24.8 Å². The van der Waals surface area contributed by atoms with Crippen LogP contribution in [0.1, 0.15) is 0 Å². The molecule has 0 bridgehead atoms. The third-order valence-corrected chi connectivity index (χ3v) is 1.07. The fourth-order valence-corrected chi connectivity index (χ4v) is 0.800. The smallest absolute Gasteiger partial charge is 0.122 e. The zero-order valence-corrected chi connectivity index (χ0v) is 5.67. The first-order valence-corrected chi connectivity index (χ1v) is 2.88. The summed E-state index contributed by atoms with van der Waals surface area (Å²) in [6, 6.07) is 0. The summed E-state index contributed by atoms with van der Waals surface area (Å²) in [6.45, 7) is 0. The second-order valence-corrected chi connectivity index (χ2v) is 2.20. The van der Waals surface area contributed by atoms with E-state index in [1.54, 1.807) is 12.4 Å². The SMILES string of the molecule is S=c1cncc(S)[nH]1. The minimum atomic E-state index is 0.609. The van der Waals surface area contributed by atoms with Gasteiger partial charge in [0.2, 0.25) is 0 Å². The summed E-state index contributed by atoms with van der Waals surface area (Å²) in [5.41, 5.74) is 0. The Morgan fingerprint density at radius 3 is 2.75 bits per heavy atom. The van der Waals surface area contributed by atoms with E-state index in [2.05, 4.69) is 22.6 Å². The fourth-order valence-electron chi connectivity index (χ4n) is 0.366. The Hall–Kier alpha value is -0.350. The first-order valence-electron chi connectivity index (χ1n) is 2.02. The maximum atomic E-state index is 4.73. The normalized spacial score (nSPS) is 9.12. The quantitative estimate of drug-likeness (QED) is 0.426. The molecule has 0 aliphatic heterocycles. The number of nitrogens with one attached hydrogen (secondary N) is 1. The maximum Gasteiger partial charge on any atom is 0.122 e. The van der Waals surface area contributed by atoms with Crippen LogP contribution in [0.5, 0.6) is 0 Å². The van der Waals surface area contributed by atoms with Gasteiger partial charge in [0.1, 0.15) is 4.64 Å². The summed E-state index contributed by atoms with van der Waals surface area (Å²) in [7, 11) is 0. The number of hydrogen-bond donors (Lipinski definition) is 2. The Balaban J connectivity index is 3.28. The average Bonchev–Trinajstić information content (AvgIpc) is 1.64. The highest BCUT2D eigenvalue weighted by atomic mass is 32.1. The summed E-state index contributed by atoms with van der Waals surface area (Å²) in [6.07, 6.45) is 3.16. The van der Waals surface area contributed by atoms with Crippen molar-refractivity contribution in [3.05, 3.63) is 17.0 Å². The molecule has 2 nitrogen and oxygen atoms in total. The third-order valence-electron chi connectivity index (χ3n) is 0.640. The van der Waals surface area contributed by atoms with Gasteiger partial charge in [-0.15, -0.1) is 12.6 Å². The van der Waals surface area contributed by atoms with Crippen molar-refractivity contribution >= 4 is 24.8 Å². The molecular formula is C4H4N2S2. The Labute approximate surface area is 57.4 Å². The highest BCUT2D eigenvalue weighted by Crippen LogP contribution is 1.94. The molecule has 0 saturated heterocycles. The number of aromatic nitrogens is 2. The van der Waals surface area contributed by atoms with E-state index in [0.29, 0.717) is 9.67 Å². The van der Waals surface area contributed by atoms with E-state index in [-0.39, 0.29) is 0 Å². The number of thiol groups is 1. The van der Waals surface area contributed by atoms with Gasteiger partial charge in [0.15, 0.2) is 0 Å². The van der Waals surface area contributed by atoms with Gasteiger partial charge in [0, 0.05) is 0 Å². The molecule has 1 N–H and O–H groups in total. The summed E-state index contributed by atoms with van der Waals surface area (Å²) >= 11 is 8.70. The Morgan fingerprint density at radius 1 is 1.62 bits per heavy atom. The number of nitrogens with zero attached hydrogens (tertiary/aromatic N) is 1. The molecule has 1 rings (SSSR count). The molecule has 42 valence electrons. The molecule has 1 aromatic heterocycles. The number of hydrogen-bond acceptors (Lipinski definition) is 3. The lowest BCUT2D eigenvalue weighted by atomic mass is 10.8. The van der Waals surface area contributed by atoms with Crippen LogP contribution < -0.4 is 0 Å². The molecule has 0 aromatic carbocycles. The topological polar surface area (TPSA) is 28.7 Å². The third kappa shape index (κ3) is 1.31. The molecule has 0 fully saturated rings. The lowest BCUT2D eigenvalue weighted by Crippen LogP contribution is -1.77. The molecule has 4 heteroatoms. The van der Waals surface area contributed by atoms with Crippen LogP contribution in [0.25, 0.3) is 0 Å². The number of rotatable bonds is 0. The van der Waals surface area contributed by atoms with Crippen LogP contribution in [-0.4, -0.2) is 9.97 Å². The van der Waals surface area contributed by atoms with Gasteiger partial charge in [-0.05, 0) is 0 Å². The molecule has 0 aliphatic carbocycles. The van der Waals surface area contributed by atoms with Crippen LogP contribution in [0.4, 0.5) is 0 Å². The molecule has 8 heavy (non-hydrogen) atoms. The van der Waals surface area contributed by atoms with Gasteiger partial charge in [-0.3, -0.25) is 4.98 Å². The monoisotopic (exact) mass is 144 g/mol. The minimum absolute atomic E-state index is 0.609. The number of H-pyrrole nitrogens is 1. The van der Waals surface area contributed by atoms with Crippen molar-refractivity contribution in [3.8, 4) is 0 Å². The van der Waals surface area contributed by atoms with Crippen molar-refractivity contribution in [2.45, 2.75) is 5.03 Å². The molecule has 0 saturated carbocycles. The van der Waals surface area contributed by atoms with Crippen molar-refractivity contribution in [3.63, 3.8) is 0 Å². The van der Waals surface area contributed by atoms with Crippen molar-refractivity contribution < 1.29 is 0 Å². The second-order valence-electron chi connectivity index (χ2n) is 1.28. The van der Waals surface area contributed by atoms with Crippen LogP contribution in [0.2, 0.25) is 0 Å². The van der Waals surface area contributed by atoms with Gasteiger partial charge in [-0.2, -0.15) is 0 Å². The Kier molecular flexibility index (Phi) is 1.65. The summed E-state index contributed by atoms with van der Waals surface area (Å²) < 4.78 is 0.609. The summed E-state index contributed by atoms with van der Waals surface area (Å²) in [5, 5.41) is 0.692. The number of aromatic amines is 1. The van der Waals surface area contributed by atoms with Gasteiger partial charge >= 0.3 is 0 Å². The van der Waals surface area contributed by atoms with E-state index in [9.17, 15) is 0 Å². The lowest BCUT2D eigenvalue weighted by molar-refractivity contribution is 1.05. The summed E-state index contributed by atoms with van der Waals surface area (Å²) in [4.78, 5) is 6.56. The van der Waals surface area contributed by atoms with Gasteiger partial charge < -0.3 is 4.98 Å². The molecular weight excluding hydrogens is 140 g/mol. The van der Waals surface area contributed by atoms with Gasteiger partial charge in [-0.1, -0.05) is 12.2 Å². The first-order chi connectivity index (χ1) is 3.79. The molecule has 0 radical (unpaired) electrons. The predicted octanol–water partition coefficient (Wildman–Crippen LogP) is 1.43. The molecule has 1 heterocycles. The minimum Gasteiger partial charge on any atom is -0.339 e. The van der Waals surface area contributed by atoms with Gasteiger partial charge in [0.25, 0.3) is 0 Å². The summed E-state index contributed by atoms with van der Waals surface area (Å²) in [5.74, 6) is 0. The highest BCUT2D eigenvalue weighted by Gasteiger charge is 1.78. The van der Waals surface area contributed by atoms with Crippen molar-refractivity contribution in [2.75, 3.05) is 0 Å². The van der Waals surface area contributed by atoms with Crippen LogP contribution in [0.15, 0.2) is 17.4 Å². The zero-order chi connectivity index (χ0) is 5.98. The maximum absolute atomic E-state index is 4.73. The van der Waals surface area contributed by atoms with E-state index in [1.165, 1.54) is 0 Å². The Bertz CT molecular complexity index is 229. The fraction of sp³-hybridized carbons (Fsp3) is 0. The molecule has 0 atom stereocenters. The van der Waals surface area contributed by atoms with Crippen LogP contribution in [-0.2, 0) is 0 Å².